The molecule has 37 heavy (non-hydrogen) atoms. The van der Waals surface area contributed by atoms with Crippen LogP contribution in [0.1, 0.15) is 27.3 Å². The van der Waals surface area contributed by atoms with Crippen LogP contribution in [0.3, 0.4) is 0 Å². The van der Waals surface area contributed by atoms with Crippen LogP contribution in [0, 0.1) is 5.82 Å². The van der Waals surface area contributed by atoms with E-state index in [-0.39, 0.29) is 12.6 Å². The number of carbonyl (C=O) groups is 1. The molecule has 186 valence electrons. The predicted molar refractivity (Wildman–Crippen MR) is 140 cm³/mol. The molecule has 0 saturated heterocycles. The van der Waals surface area contributed by atoms with Gasteiger partial charge in [0.1, 0.15) is 18.2 Å². The molecule has 5 rings (SSSR count). The fourth-order valence-electron chi connectivity index (χ4n) is 4.06. The van der Waals surface area contributed by atoms with Gasteiger partial charge < -0.3 is 14.0 Å². The highest BCUT2D eigenvalue weighted by Crippen LogP contribution is 2.24. The van der Waals surface area contributed by atoms with E-state index in [2.05, 4.69) is 4.98 Å². The number of aryl methyl sites for hydroxylation is 1. The highest BCUT2D eigenvalue weighted by atomic mass is 35.5. The average molecular weight is 516 g/mol. The lowest BCUT2D eigenvalue weighted by Crippen LogP contribution is -2.02. The lowest BCUT2D eigenvalue weighted by atomic mass is 10.1. The Labute approximate surface area is 218 Å². The molecule has 0 saturated carbocycles. The lowest BCUT2D eigenvalue weighted by molar-refractivity contribution is 0.0601. The van der Waals surface area contributed by atoms with E-state index in [9.17, 15) is 9.18 Å². The molecular weight excluding hydrogens is 493 g/mol. The minimum Gasteiger partial charge on any atom is -0.473 e. The third kappa shape index (κ3) is 5.32. The van der Waals surface area contributed by atoms with E-state index in [4.69, 9.17) is 26.1 Å². The summed E-state index contributed by atoms with van der Waals surface area (Å²) in [5, 5.41) is 0.341. The highest BCUT2D eigenvalue weighted by Gasteiger charge is 2.13. The summed E-state index contributed by atoms with van der Waals surface area (Å²) in [7, 11) is 3.30. The van der Waals surface area contributed by atoms with E-state index in [1.165, 1.54) is 13.2 Å². The zero-order valence-electron chi connectivity index (χ0n) is 20.2. The molecule has 2 aromatic heterocycles. The normalized spacial score (nSPS) is 11.0. The number of ether oxygens (including phenoxy) is 2. The first-order chi connectivity index (χ1) is 17.9. The number of pyridine rings is 1. The van der Waals surface area contributed by atoms with Crippen molar-refractivity contribution < 1.29 is 18.7 Å². The van der Waals surface area contributed by atoms with E-state index < -0.39 is 5.82 Å². The van der Waals surface area contributed by atoms with Gasteiger partial charge in [0.15, 0.2) is 0 Å². The van der Waals surface area contributed by atoms with Gasteiger partial charge in [0.2, 0.25) is 5.88 Å². The molecule has 0 bridgehead atoms. The van der Waals surface area contributed by atoms with Gasteiger partial charge in [-0.1, -0.05) is 48.0 Å². The highest BCUT2D eigenvalue weighted by molar-refractivity contribution is 6.30. The number of benzene rings is 3. The van der Waals surface area contributed by atoms with Gasteiger partial charge in [-0.05, 0) is 42.0 Å². The van der Waals surface area contributed by atoms with Crippen molar-refractivity contribution >= 4 is 28.6 Å². The minimum atomic E-state index is -0.413. The van der Waals surface area contributed by atoms with Crippen molar-refractivity contribution in [3.63, 3.8) is 0 Å². The van der Waals surface area contributed by atoms with Crippen molar-refractivity contribution in [3.05, 3.63) is 112 Å². The minimum absolute atomic E-state index is 0.0531. The number of methoxy groups -OCH3 is 1. The number of hydrogen-bond acceptors (Lipinski definition) is 5. The molecule has 0 unspecified atom stereocenters. The Kier molecular flexibility index (Phi) is 6.88. The van der Waals surface area contributed by atoms with Crippen LogP contribution in [0.4, 0.5) is 4.39 Å². The Morgan fingerprint density at radius 1 is 1.00 bits per heavy atom. The number of rotatable bonds is 7. The van der Waals surface area contributed by atoms with Gasteiger partial charge in [-0.15, -0.1) is 0 Å². The van der Waals surface area contributed by atoms with Crippen LogP contribution in [-0.2, 0) is 24.8 Å². The summed E-state index contributed by atoms with van der Waals surface area (Å²) in [5.74, 6) is 0.499. The molecule has 0 radical (unpaired) electrons. The Bertz CT molecular complexity index is 1600. The van der Waals surface area contributed by atoms with Crippen molar-refractivity contribution in [2.75, 3.05) is 7.11 Å². The molecule has 0 aliphatic carbocycles. The second-order valence-corrected chi connectivity index (χ2v) is 8.98. The maximum Gasteiger partial charge on any atom is 0.337 e. The fourth-order valence-corrected chi connectivity index (χ4v) is 4.22. The van der Waals surface area contributed by atoms with Crippen LogP contribution in [0.5, 0.6) is 5.88 Å². The fraction of sp³-hybridized carbons (Fsp3) is 0.138. The number of esters is 1. The van der Waals surface area contributed by atoms with Crippen LogP contribution < -0.4 is 4.74 Å². The molecule has 0 amide bonds. The molecule has 3 aromatic carbocycles. The van der Waals surface area contributed by atoms with E-state index in [1.54, 1.807) is 30.3 Å². The van der Waals surface area contributed by atoms with Crippen molar-refractivity contribution in [2.24, 2.45) is 7.05 Å². The van der Waals surface area contributed by atoms with Gasteiger partial charge >= 0.3 is 5.97 Å². The summed E-state index contributed by atoms with van der Waals surface area (Å²) in [4.78, 5) is 21.2. The maximum atomic E-state index is 14.0. The van der Waals surface area contributed by atoms with E-state index in [0.29, 0.717) is 28.5 Å². The third-order valence-corrected chi connectivity index (χ3v) is 6.36. The summed E-state index contributed by atoms with van der Waals surface area (Å²) < 4.78 is 26.6. The smallest absolute Gasteiger partial charge is 0.337 e. The van der Waals surface area contributed by atoms with E-state index in [1.807, 2.05) is 54.1 Å². The zero-order chi connectivity index (χ0) is 25.9. The van der Waals surface area contributed by atoms with E-state index >= 15 is 0 Å². The van der Waals surface area contributed by atoms with Gasteiger partial charge in [-0.25, -0.2) is 19.2 Å². The summed E-state index contributed by atoms with van der Waals surface area (Å²) >= 11 is 5.81. The topological polar surface area (TPSA) is 66.2 Å². The average Bonchev–Trinajstić information content (AvgIpc) is 3.22. The number of halogens is 2. The summed E-state index contributed by atoms with van der Waals surface area (Å²) in [6.07, 6.45) is 0.627. The lowest BCUT2D eigenvalue weighted by Gasteiger charge is -2.09. The molecule has 0 aliphatic rings. The first-order valence-corrected chi connectivity index (χ1v) is 12.0. The number of nitrogens with zero attached hydrogens (tertiary/aromatic N) is 3. The quantitative estimate of drug-likeness (QED) is 0.235. The Morgan fingerprint density at radius 2 is 1.81 bits per heavy atom. The molecule has 0 N–H and O–H groups in total. The standard InChI is InChI=1S/C29H23ClFN3O3/c1-34-26-15-20(29(35)36-2)11-13-25(26)32-27(34)14-18-6-8-19(9-7-18)24-4-3-5-28(33-24)37-17-21-10-12-22(30)16-23(21)31/h3-13,15-16H,14,17H2,1-2H3. The number of imidazole rings is 1. The molecule has 0 spiro atoms. The number of fused-ring (bicyclic) bond motifs is 1. The zero-order valence-corrected chi connectivity index (χ0v) is 21.0. The van der Waals surface area contributed by atoms with Crippen molar-refractivity contribution in [1.82, 2.24) is 14.5 Å². The molecular formula is C29H23ClFN3O3. The SMILES string of the molecule is COC(=O)c1ccc2nc(Cc3ccc(-c4cccc(OCc5ccc(Cl)cc5F)n4)cc3)n(C)c2c1. The van der Waals surface area contributed by atoms with Crippen LogP contribution in [0.2, 0.25) is 5.02 Å². The summed E-state index contributed by atoms with van der Waals surface area (Å²) in [5.41, 5.74) is 5.35. The van der Waals surface area contributed by atoms with Gasteiger partial charge in [0, 0.05) is 35.7 Å². The number of carbonyl (C=O) groups excluding carboxylic acids is 1. The molecule has 2 heterocycles. The van der Waals surface area contributed by atoms with Gasteiger partial charge in [0.05, 0.1) is 29.4 Å². The Balaban J connectivity index is 1.30. The molecule has 0 atom stereocenters. The summed E-state index contributed by atoms with van der Waals surface area (Å²) in [6, 6.07) is 23.4. The third-order valence-electron chi connectivity index (χ3n) is 6.12. The molecule has 0 fully saturated rings. The number of hydrogen-bond donors (Lipinski definition) is 0. The van der Waals surface area contributed by atoms with Crippen molar-refractivity contribution in [2.45, 2.75) is 13.0 Å². The first-order valence-electron chi connectivity index (χ1n) is 11.6. The maximum absolute atomic E-state index is 14.0. The molecule has 0 aliphatic heterocycles. The molecule has 6 nitrogen and oxygen atoms in total. The van der Waals surface area contributed by atoms with E-state index in [0.717, 1.165) is 33.7 Å². The second-order valence-electron chi connectivity index (χ2n) is 8.54. The molecule has 5 aromatic rings. The second kappa shape index (κ2) is 10.4. The Hall–Kier alpha value is -4.23. The predicted octanol–water partition coefficient (Wildman–Crippen LogP) is 6.38. The van der Waals surface area contributed by atoms with Crippen LogP contribution in [-0.4, -0.2) is 27.6 Å². The van der Waals surface area contributed by atoms with Crippen molar-refractivity contribution in [3.8, 4) is 17.1 Å². The monoisotopic (exact) mass is 515 g/mol. The largest absolute Gasteiger partial charge is 0.473 e. The van der Waals surface area contributed by atoms with Crippen LogP contribution >= 0.6 is 11.6 Å². The van der Waals surface area contributed by atoms with Crippen molar-refractivity contribution in [1.29, 1.82) is 0 Å². The molecule has 8 heteroatoms. The first kappa shape index (κ1) is 24.5. The van der Waals surface area contributed by atoms with Crippen LogP contribution in [0.25, 0.3) is 22.3 Å². The van der Waals surface area contributed by atoms with Gasteiger partial charge in [-0.3, -0.25) is 0 Å². The van der Waals surface area contributed by atoms with Gasteiger partial charge in [-0.2, -0.15) is 0 Å². The van der Waals surface area contributed by atoms with Gasteiger partial charge in [0.25, 0.3) is 0 Å². The summed E-state index contributed by atoms with van der Waals surface area (Å²) in [6.45, 7) is 0.0531. The number of aromatic nitrogens is 3. The van der Waals surface area contributed by atoms with Crippen LogP contribution in [0.15, 0.2) is 78.9 Å². The Morgan fingerprint density at radius 3 is 2.57 bits per heavy atom.